The molecule has 1 saturated heterocycles. The molecule has 0 radical (unpaired) electrons. The molecule has 1 N–H and O–H groups in total. The second kappa shape index (κ2) is 8.22. The van der Waals surface area contributed by atoms with Crippen LogP contribution in [0.2, 0.25) is 0 Å². The van der Waals surface area contributed by atoms with Gasteiger partial charge in [0.1, 0.15) is 4.90 Å². The lowest BCUT2D eigenvalue weighted by atomic mass is 9.98. The van der Waals surface area contributed by atoms with E-state index in [2.05, 4.69) is 16.5 Å². The second-order valence-corrected chi connectivity index (χ2v) is 8.97. The van der Waals surface area contributed by atoms with E-state index in [0.29, 0.717) is 17.3 Å². The number of anilines is 2. The van der Waals surface area contributed by atoms with Gasteiger partial charge < -0.3 is 9.64 Å². The van der Waals surface area contributed by atoms with E-state index >= 15 is 0 Å². The Labute approximate surface area is 166 Å². The van der Waals surface area contributed by atoms with Crippen molar-refractivity contribution in [3.8, 4) is 0 Å². The zero-order valence-electron chi connectivity index (χ0n) is 16.4. The molecule has 0 bridgehead atoms. The highest BCUT2D eigenvalue weighted by molar-refractivity contribution is 7.92. The summed E-state index contributed by atoms with van der Waals surface area (Å²) in [5.74, 6) is 0.0573. The Kier molecular flexibility index (Phi) is 5.93. The molecule has 28 heavy (non-hydrogen) atoms. The molecule has 1 fully saturated rings. The molecule has 150 valence electrons. The highest BCUT2D eigenvalue weighted by atomic mass is 32.2. The smallest absolute Gasteiger partial charge is 0.337 e. The molecular formula is C21H26N2O4S. The van der Waals surface area contributed by atoms with Crippen LogP contribution in [-0.4, -0.2) is 34.6 Å². The van der Waals surface area contributed by atoms with Gasteiger partial charge in [-0.15, -0.1) is 0 Å². The SMILES string of the molecule is COC(=O)c1ccc(N2CCC(C)CC2)c(S(=O)(=O)Nc2ccc(C)cc2)c1. The van der Waals surface area contributed by atoms with E-state index in [1.807, 2.05) is 19.1 Å². The summed E-state index contributed by atoms with van der Waals surface area (Å²) in [4.78, 5) is 14.1. The maximum Gasteiger partial charge on any atom is 0.337 e. The van der Waals surface area contributed by atoms with Gasteiger partial charge in [0.25, 0.3) is 10.0 Å². The predicted molar refractivity (Wildman–Crippen MR) is 110 cm³/mol. The number of piperidine rings is 1. The van der Waals surface area contributed by atoms with Gasteiger partial charge in [-0.3, -0.25) is 4.72 Å². The average molecular weight is 403 g/mol. The Balaban J connectivity index is 2.01. The Morgan fingerprint density at radius 2 is 1.75 bits per heavy atom. The number of carbonyl (C=O) groups is 1. The summed E-state index contributed by atoms with van der Waals surface area (Å²) < 4.78 is 33.8. The van der Waals surface area contributed by atoms with Gasteiger partial charge in [-0.1, -0.05) is 24.6 Å². The molecule has 1 aliphatic rings. The molecule has 0 spiro atoms. The van der Waals surface area contributed by atoms with E-state index in [-0.39, 0.29) is 10.5 Å². The van der Waals surface area contributed by atoms with Crippen LogP contribution >= 0.6 is 0 Å². The van der Waals surface area contributed by atoms with Crippen molar-refractivity contribution < 1.29 is 17.9 Å². The largest absolute Gasteiger partial charge is 0.465 e. The maximum atomic E-state index is 13.2. The van der Waals surface area contributed by atoms with Crippen molar-refractivity contribution in [1.82, 2.24) is 0 Å². The predicted octanol–water partition coefficient (Wildman–Crippen LogP) is 3.82. The fraction of sp³-hybridized carbons (Fsp3) is 0.381. The quantitative estimate of drug-likeness (QED) is 0.770. The number of hydrogen-bond acceptors (Lipinski definition) is 5. The lowest BCUT2D eigenvalue weighted by molar-refractivity contribution is 0.0600. The molecule has 0 saturated carbocycles. The van der Waals surface area contributed by atoms with Gasteiger partial charge in [-0.2, -0.15) is 0 Å². The molecule has 0 aromatic heterocycles. The molecule has 7 heteroatoms. The number of aryl methyl sites for hydroxylation is 1. The number of rotatable bonds is 5. The summed E-state index contributed by atoms with van der Waals surface area (Å²) in [6.45, 7) is 5.71. The lowest BCUT2D eigenvalue weighted by Crippen LogP contribution is -2.34. The van der Waals surface area contributed by atoms with Gasteiger partial charge in [0.2, 0.25) is 0 Å². The summed E-state index contributed by atoms with van der Waals surface area (Å²) in [7, 11) is -2.60. The molecule has 2 aromatic rings. The minimum Gasteiger partial charge on any atom is -0.465 e. The number of carbonyl (C=O) groups excluding carboxylic acids is 1. The molecule has 0 aliphatic carbocycles. The molecular weight excluding hydrogens is 376 g/mol. The zero-order valence-corrected chi connectivity index (χ0v) is 17.3. The van der Waals surface area contributed by atoms with Crippen LogP contribution in [0, 0.1) is 12.8 Å². The third kappa shape index (κ3) is 4.47. The lowest BCUT2D eigenvalue weighted by Gasteiger charge is -2.33. The third-order valence-electron chi connectivity index (χ3n) is 5.10. The van der Waals surface area contributed by atoms with Crippen molar-refractivity contribution in [1.29, 1.82) is 0 Å². The molecule has 0 unspecified atom stereocenters. The minimum absolute atomic E-state index is 0.0885. The molecule has 6 nitrogen and oxygen atoms in total. The number of ether oxygens (including phenoxy) is 1. The Hall–Kier alpha value is -2.54. The van der Waals surface area contributed by atoms with Crippen molar-refractivity contribution in [2.24, 2.45) is 5.92 Å². The molecule has 3 rings (SSSR count). The van der Waals surface area contributed by atoms with Crippen molar-refractivity contribution in [3.05, 3.63) is 53.6 Å². The van der Waals surface area contributed by atoms with Crippen LogP contribution in [-0.2, 0) is 14.8 Å². The number of nitrogens with zero attached hydrogens (tertiary/aromatic N) is 1. The topological polar surface area (TPSA) is 75.7 Å². The minimum atomic E-state index is -3.88. The molecule has 0 atom stereocenters. The highest BCUT2D eigenvalue weighted by Gasteiger charge is 2.26. The maximum absolute atomic E-state index is 13.2. The number of nitrogens with one attached hydrogen (secondary N) is 1. The van der Waals surface area contributed by atoms with Gasteiger partial charge in [-0.25, -0.2) is 13.2 Å². The van der Waals surface area contributed by atoms with Crippen LogP contribution in [0.15, 0.2) is 47.4 Å². The van der Waals surface area contributed by atoms with Crippen LogP contribution in [0.25, 0.3) is 0 Å². The van der Waals surface area contributed by atoms with Crippen LogP contribution in [0.5, 0.6) is 0 Å². The van der Waals surface area contributed by atoms with Crippen LogP contribution < -0.4 is 9.62 Å². The van der Waals surface area contributed by atoms with E-state index in [9.17, 15) is 13.2 Å². The number of sulfonamides is 1. The van der Waals surface area contributed by atoms with Crippen LogP contribution in [0.3, 0.4) is 0 Å². The highest BCUT2D eigenvalue weighted by Crippen LogP contribution is 2.31. The molecule has 2 aromatic carbocycles. The summed E-state index contributed by atoms with van der Waals surface area (Å²) in [6, 6.07) is 11.8. The fourth-order valence-corrected chi connectivity index (χ4v) is 4.63. The standard InChI is InChI=1S/C21H26N2O4S/c1-15-4-7-18(8-5-15)22-28(25,26)20-14-17(21(24)27-3)6-9-19(20)23-12-10-16(2)11-13-23/h4-9,14,16,22H,10-13H2,1-3H3. The van der Waals surface area contributed by atoms with Crippen molar-refractivity contribution in [2.45, 2.75) is 31.6 Å². The Bertz CT molecular complexity index is 947. The first-order valence-corrected chi connectivity index (χ1v) is 10.9. The molecule has 0 amide bonds. The Morgan fingerprint density at radius 1 is 1.11 bits per heavy atom. The van der Waals surface area contributed by atoms with Crippen molar-refractivity contribution in [3.63, 3.8) is 0 Å². The first kappa shape index (κ1) is 20.2. The number of hydrogen-bond donors (Lipinski definition) is 1. The van der Waals surface area contributed by atoms with Gasteiger partial charge in [0, 0.05) is 18.8 Å². The average Bonchev–Trinajstić information content (AvgIpc) is 2.69. The number of benzene rings is 2. The van der Waals surface area contributed by atoms with Gasteiger partial charge in [-0.05, 0) is 56.0 Å². The van der Waals surface area contributed by atoms with Crippen LogP contribution in [0.1, 0.15) is 35.7 Å². The first-order chi connectivity index (χ1) is 13.3. The van der Waals surface area contributed by atoms with Crippen molar-refractivity contribution in [2.75, 3.05) is 29.8 Å². The van der Waals surface area contributed by atoms with Crippen molar-refractivity contribution >= 4 is 27.4 Å². The van der Waals surface area contributed by atoms with Crippen LogP contribution in [0.4, 0.5) is 11.4 Å². The van der Waals surface area contributed by atoms with E-state index in [0.717, 1.165) is 31.5 Å². The summed E-state index contributed by atoms with van der Waals surface area (Å²) in [5, 5.41) is 0. The monoisotopic (exact) mass is 402 g/mol. The zero-order chi connectivity index (χ0) is 20.3. The third-order valence-corrected chi connectivity index (χ3v) is 6.51. The number of methoxy groups -OCH3 is 1. The van der Waals surface area contributed by atoms with E-state index in [1.54, 1.807) is 24.3 Å². The fourth-order valence-electron chi connectivity index (χ4n) is 3.32. The normalized spacial score (nSPS) is 15.3. The number of esters is 1. The Morgan fingerprint density at radius 3 is 2.36 bits per heavy atom. The van der Waals surface area contributed by atoms with E-state index in [4.69, 9.17) is 4.74 Å². The summed E-state index contributed by atoms with van der Waals surface area (Å²) >= 11 is 0. The second-order valence-electron chi connectivity index (χ2n) is 7.32. The molecule has 1 heterocycles. The van der Waals surface area contributed by atoms with E-state index < -0.39 is 16.0 Å². The summed E-state index contributed by atoms with van der Waals surface area (Å²) in [5.41, 5.74) is 2.34. The summed E-state index contributed by atoms with van der Waals surface area (Å²) in [6.07, 6.45) is 2.01. The van der Waals surface area contributed by atoms with Gasteiger partial charge in [0.05, 0.1) is 18.4 Å². The first-order valence-electron chi connectivity index (χ1n) is 9.37. The molecule has 1 aliphatic heterocycles. The van der Waals surface area contributed by atoms with Gasteiger partial charge >= 0.3 is 5.97 Å². The van der Waals surface area contributed by atoms with Gasteiger partial charge in [0.15, 0.2) is 0 Å². The van der Waals surface area contributed by atoms with E-state index in [1.165, 1.54) is 13.2 Å².